The van der Waals surface area contributed by atoms with Crippen molar-refractivity contribution in [1.82, 2.24) is 5.32 Å². The molecule has 2 fully saturated rings. The van der Waals surface area contributed by atoms with Crippen LogP contribution in [0.1, 0.15) is 20.3 Å². The molecule has 0 amide bonds. The van der Waals surface area contributed by atoms with Crippen LogP contribution in [0.4, 0.5) is 0 Å². The van der Waals surface area contributed by atoms with E-state index in [0.29, 0.717) is 0 Å². The molecule has 0 radical (unpaired) electrons. The monoisotopic (exact) mass is 165 g/mol. The Hall–Kier alpha value is -0.300. The molecular formula is C11H19N. The molecule has 0 aromatic heterocycles. The van der Waals surface area contributed by atoms with Gasteiger partial charge < -0.3 is 5.32 Å². The van der Waals surface area contributed by atoms with Crippen LogP contribution in [0, 0.1) is 23.2 Å². The quantitative estimate of drug-likeness (QED) is 0.629. The Morgan fingerprint density at radius 3 is 2.75 bits per heavy atom. The molecule has 0 spiro atoms. The normalized spacial score (nSPS) is 49.4. The van der Waals surface area contributed by atoms with E-state index >= 15 is 0 Å². The highest BCUT2D eigenvalue weighted by Gasteiger charge is 2.82. The van der Waals surface area contributed by atoms with Crippen molar-refractivity contribution in [1.29, 1.82) is 0 Å². The van der Waals surface area contributed by atoms with Crippen LogP contribution in [0.5, 0.6) is 0 Å². The van der Waals surface area contributed by atoms with E-state index in [0.717, 1.165) is 23.2 Å². The van der Waals surface area contributed by atoms with Gasteiger partial charge in [-0.3, -0.25) is 0 Å². The van der Waals surface area contributed by atoms with Gasteiger partial charge in [-0.25, -0.2) is 0 Å². The largest absolute Gasteiger partial charge is 0.319 e. The summed E-state index contributed by atoms with van der Waals surface area (Å²) in [6.07, 6.45) is 5.81. The predicted octanol–water partition coefficient (Wildman–Crippen LogP) is 2.05. The lowest BCUT2D eigenvalue weighted by molar-refractivity contribution is 0.386. The molecule has 0 heterocycles. The van der Waals surface area contributed by atoms with Gasteiger partial charge in [0.1, 0.15) is 0 Å². The number of fused-ring (bicyclic) bond motifs is 1. The summed E-state index contributed by atoms with van der Waals surface area (Å²) in [6.45, 7) is 5.75. The van der Waals surface area contributed by atoms with Crippen LogP contribution in [0.25, 0.3) is 0 Å². The molecule has 0 aromatic rings. The van der Waals surface area contributed by atoms with Crippen LogP contribution in [-0.2, 0) is 0 Å². The van der Waals surface area contributed by atoms with Crippen molar-refractivity contribution >= 4 is 0 Å². The van der Waals surface area contributed by atoms with Gasteiger partial charge in [-0.2, -0.15) is 0 Å². The molecule has 12 heavy (non-hydrogen) atoms. The zero-order valence-corrected chi connectivity index (χ0v) is 8.30. The Morgan fingerprint density at radius 2 is 2.25 bits per heavy atom. The summed E-state index contributed by atoms with van der Waals surface area (Å²) in [5.74, 6) is 3.07. The molecule has 68 valence electrons. The van der Waals surface area contributed by atoms with Crippen molar-refractivity contribution in [3.8, 4) is 0 Å². The van der Waals surface area contributed by atoms with E-state index in [2.05, 4.69) is 38.4 Å². The average Bonchev–Trinajstić information content (AvgIpc) is 2.88. The lowest BCUT2D eigenvalue weighted by Crippen LogP contribution is -2.20. The van der Waals surface area contributed by atoms with Crippen molar-refractivity contribution in [3.63, 3.8) is 0 Å². The molecule has 0 saturated heterocycles. The van der Waals surface area contributed by atoms with Gasteiger partial charge in [-0.05, 0) is 43.6 Å². The summed E-state index contributed by atoms with van der Waals surface area (Å²) in [6, 6.07) is 0. The minimum Gasteiger partial charge on any atom is -0.319 e. The number of allylic oxidation sites excluding steroid dienone is 2. The number of rotatable bonds is 4. The van der Waals surface area contributed by atoms with Crippen molar-refractivity contribution < 1.29 is 0 Å². The van der Waals surface area contributed by atoms with Gasteiger partial charge in [0.05, 0.1) is 0 Å². The standard InChI is InChI=1S/C11H19N/c1-4-5-6-9-10-8(2)11(9,10)7-12-3/h4-5,8-10,12H,6-7H2,1-3H3. The van der Waals surface area contributed by atoms with Crippen molar-refractivity contribution in [2.24, 2.45) is 23.2 Å². The summed E-state index contributed by atoms with van der Waals surface area (Å²) >= 11 is 0. The molecule has 4 unspecified atom stereocenters. The molecule has 2 aliphatic rings. The van der Waals surface area contributed by atoms with Crippen molar-refractivity contribution in [2.45, 2.75) is 20.3 Å². The number of hydrogen-bond acceptors (Lipinski definition) is 1. The summed E-state index contributed by atoms with van der Waals surface area (Å²) in [5, 5.41) is 3.32. The summed E-state index contributed by atoms with van der Waals surface area (Å²) < 4.78 is 0. The third kappa shape index (κ3) is 0.832. The van der Waals surface area contributed by atoms with Gasteiger partial charge in [-0.15, -0.1) is 0 Å². The maximum Gasteiger partial charge on any atom is 0.00132 e. The molecule has 0 aliphatic heterocycles. The maximum absolute atomic E-state index is 3.32. The lowest BCUT2D eigenvalue weighted by Gasteiger charge is -2.14. The Balaban J connectivity index is 1.85. The fourth-order valence-electron chi connectivity index (χ4n) is 3.20. The molecule has 1 N–H and O–H groups in total. The highest BCUT2D eigenvalue weighted by atomic mass is 15.0. The molecular weight excluding hydrogens is 146 g/mol. The predicted molar refractivity (Wildman–Crippen MR) is 51.9 cm³/mol. The molecule has 0 bridgehead atoms. The second-order valence-corrected chi connectivity index (χ2v) is 4.37. The minimum atomic E-state index is 0.730. The van der Waals surface area contributed by atoms with Gasteiger partial charge in [0, 0.05) is 6.54 Å². The van der Waals surface area contributed by atoms with E-state index < -0.39 is 0 Å². The molecule has 1 heteroatoms. The number of nitrogens with one attached hydrogen (secondary N) is 1. The van der Waals surface area contributed by atoms with Crippen LogP contribution in [0.2, 0.25) is 0 Å². The minimum absolute atomic E-state index is 0.730. The van der Waals surface area contributed by atoms with Crippen LogP contribution in [0.15, 0.2) is 12.2 Å². The molecule has 2 saturated carbocycles. The Kier molecular flexibility index (Phi) is 1.80. The topological polar surface area (TPSA) is 12.0 Å². The van der Waals surface area contributed by atoms with E-state index in [4.69, 9.17) is 0 Å². The van der Waals surface area contributed by atoms with Gasteiger partial charge in [0.2, 0.25) is 0 Å². The van der Waals surface area contributed by atoms with E-state index in [1.54, 1.807) is 0 Å². The second-order valence-electron chi connectivity index (χ2n) is 4.37. The van der Waals surface area contributed by atoms with E-state index in [-0.39, 0.29) is 0 Å². The highest BCUT2D eigenvalue weighted by molar-refractivity contribution is 5.31. The lowest BCUT2D eigenvalue weighted by atomic mass is 9.94. The van der Waals surface area contributed by atoms with Crippen LogP contribution < -0.4 is 5.32 Å². The smallest absolute Gasteiger partial charge is 0.00132 e. The Labute approximate surface area is 75.2 Å². The third-order valence-corrected chi connectivity index (χ3v) is 4.02. The fraction of sp³-hybridized carbons (Fsp3) is 0.818. The van der Waals surface area contributed by atoms with Crippen LogP contribution in [-0.4, -0.2) is 13.6 Å². The Morgan fingerprint density at radius 1 is 1.50 bits per heavy atom. The third-order valence-electron chi connectivity index (χ3n) is 4.02. The van der Waals surface area contributed by atoms with Gasteiger partial charge in [-0.1, -0.05) is 19.1 Å². The summed E-state index contributed by atoms with van der Waals surface area (Å²) in [5.41, 5.74) is 0.730. The molecule has 4 atom stereocenters. The molecule has 1 nitrogen and oxygen atoms in total. The number of hydrogen-bond donors (Lipinski definition) is 1. The van der Waals surface area contributed by atoms with E-state index in [1.807, 2.05) is 0 Å². The first kappa shape index (κ1) is 8.31. The molecule has 0 aromatic carbocycles. The van der Waals surface area contributed by atoms with E-state index in [1.165, 1.54) is 13.0 Å². The summed E-state index contributed by atoms with van der Waals surface area (Å²) in [7, 11) is 2.07. The van der Waals surface area contributed by atoms with Gasteiger partial charge >= 0.3 is 0 Å². The highest BCUT2D eigenvalue weighted by Crippen LogP contribution is 2.84. The SMILES string of the molecule is CC=CCC1C2C(C)C12CNC. The molecule has 2 aliphatic carbocycles. The molecule has 2 rings (SSSR count). The van der Waals surface area contributed by atoms with Gasteiger partial charge in [0.25, 0.3) is 0 Å². The average molecular weight is 165 g/mol. The summed E-state index contributed by atoms with van der Waals surface area (Å²) in [4.78, 5) is 0. The zero-order valence-electron chi connectivity index (χ0n) is 8.30. The maximum atomic E-state index is 3.32. The first-order valence-electron chi connectivity index (χ1n) is 5.04. The van der Waals surface area contributed by atoms with Crippen LogP contribution in [0.3, 0.4) is 0 Å². The zero-order chi connectivity index (χ0) is 8.77. The second kappa shape index (κ2) is 2.59. The van der Waals surface area contributed by atoms with E-state index in [9.17, 15) is 0 Å². The van der Waals surface area contributed by atoms with Crippen molar-refractivity contribution in [3.05, 3.63) is 12.2 Å². The first-order valence-corrected chi connectivity index (χ1v) is 5.04. The van der Waals surface area contributed by atoms with Crippen molar-refractivity contribution in [2.75, 3.05) is 13.6 Å². The van der Waals surface area contributed by atoms with Crippen LogP contribution >= 0.6 is 0 Å². The van der Waals surface area contributed by atoms with Gasteiger partial charge in [0.15, 0.2) is 0 Å². The first-order chi connectivity index (χ1) is 5.79. The fourth-order valence-corrected chi connectivity index (χ4v) is 3.20. The Bertz CT molecular complexity index is 209.